The molecular formula is C47H93NO5. The lowest BCUT2D eigenvalue weighted by atomic mass is 10.0. The Morgan fingerprint density at radius 2 is 0.792 bits per heavy atom. The zero-order chi connectivity index (χ0) is 38.9. The fourth-order valence-corrected chi connectivity index (χ4v) is 7.55. The number of unbranched alkanes of at least 4 members (excludes halogenated alkanes) is 31. The van der Waals surface area contributed by atoms with Crippen LogP contribution in [0.2, 0.25) is 0 Å². The quantitative estimate of drug-likeness (QED) is 0.0426. The van der Waals surface area contributed by atoms with Gasteiger partial charge in [-0.1, -0.05) is 226 Å². The van der Waals surface area contributed by atoms with E-state index in [1.165, 1.54) is 173 Å². The summed E-state index contributed by atoms with van der Waals surface area (Å²) in [5, 5.41) is 23.7. The standard InChI is InChI=1S/C47H93NO5/c1-4-7-10-13-16-19-21-22-23-25-28-30-33-36-39-45(50)44(42-49)48-46(51)41-43(38-35-32-29-27-24-20-17-14-11-8-5-2)53-47(52)40-37-34-31-26-18-15-12-9-6-3/h43-45,49-50H,4-42H2,1-3H3,(H,48,51). The van der Waals surface area contributed by atoms with E-state index in [9.17, 15) is 19.8 Å². The molecule has 0 heterocycles. The van der Waals surface area contributed by atoms with Gasteiger partial charge in [-0.2, -0.15) is 0 Å². The van der Waals surface area contributed by atoms with Crippen LogP contribution in [-0.2, 0) is 14.3 Å². The molecule has 0 aliphatic carbocycles. The van der Waals surface area contributed by atoms with Crippen LogP contribution in [0.3, 0.4) is 0 Å². The lowest BCUT2D eigenvalue weighted by Gasteiger charge is -2.24. The van der Waals surface area contributed by atoms with Crippen molar-refractivity contribution in [1.82, 2.24) is 5.32 Å². The maximum atomic E-state index is 13.1. The van der Waals surface area contributed by atoms with Crippen LogP contribution < -0.4 is 5.32 Å². The van der Waals surface area contributed by atoms with Crippen LogP contribution >= 0.6 is 0 Å². The summed E-state index contributed by atoms with van der Waals surface area (Å²) in [6.45, 7) is 6.47. The molecule has 3 atom stereocenters. The number of rotatable bonds is 43. The number of hydrogen-bond donors (Lipinski definition) is 3. The van der Waals surface area contributed by atoms with E-state index in [2.05, 4.69) is 26.1 Å². The SMILES string of the molecule is CCCCCCCCCCCCCCCCC(O)C(CO)NC(=O)CC(CCCCCCCCCCCCC)OC(=O)CCCCCCCCCCC. The molecule has 0 aliphatic heterocycles. The summed E-state index contributed by atoms with van der Waals surface area (Å²) < 4.78 is 5.89. The third-order valence-corrected chi connectivity index (χ3v) is 11.2. The second kappa shape index (κ2) is 42.0. The highest BCUT2D eigenvalue weighted by molar-refractivity contribution is 5.77. The van der Waals surface area contributed by atoms with Gasteiger partial charge in [0.15, 0.2) is 0 Å². The van der Waals surface area contributed by atoms with Gasteiger partial charge in [0.25, 0.3) is 0 Å². The number of ether oxygens (including phenoxy) is 1. The molecule has 0 saturated heterocycles. The summed E-state index contributed by atoms with van der Waals surface area (Å²) in [6.07, 6.45) is 43.0. The van der Waals surface area contributed by atoms with Gasteiger partial charge in [-0.25, -0.2) is 0 Å². The fourth-order valence-electron chi connectivity index (χ4n) is 7.55. The zero-order valence-electron chi connectivity index (χ0n) is 35.9. The molecule has 316 valence electrons. The lowest BCUT2D eigenvalue weighted by molar-refractivity contribution is -0.151. The topological polar surface area (TPSA) is 95.9 Å². The molecule has 6 heteroatoms. The summed E-state index contributed by atoms with van der Waals surface area (Å²) in [5.74, 6) is -0.460. The maximum absolute atomic E-state index is 13.1. The van der Waals surface area contributed by atoms with Crippen LogP contribution in [0.25, 0.3) is 0 Å². The molecule has 0 radical (unpaired) electrons. The van der Waals surface area contributed by atoms with Crippen molar-refractivity contribution in [2.45, 2.75) is 283 Å². The first-order valence-electron chi connectivity index (χ1n) is 23.8. The Hall–Kier alpha value is -1.14. The number of aliphatic hydroxyl groups excluding tert-OH is 2. The van der Waals surface area contributed by atoms with Crippen molar-refractivity contribution in [3.8, 4) is 0 Å². The average molecular weight is 752 g/mol. The summed E-state index contributed by atoms with van der Waals surface area (Å²) in [4.78, 5) is 25.9. The monoisotopic (exact) mass is 752 g/mol. The zero-order valence-corrected chi connectivity index (χ0v) is 35.9. The number of esters is 1. The summed E-state index contributed by atoms with van der Waals surface area (Å²) in [7, 11) is 0. The Labute approximate surface area is 330 Å². The second-order valence-electron chi connectivity index (χ2n) is 16.5. The van der Waals surface area contributed by atoms with Gasteiger partial charge < -0.3 is 20.3 Å². The van der Waals surface area contributed by atoms with E-state index in [1.807, 2.05) is 0 Å². The van der Waals surface area contributed by atoms with Gasteiger partial charge in [-0.15, -0.1) is 0 Å². The van der Waals surface area contributed by atoms with E-state index in [1.54, 1.807) is 0 Å². The number of carbonyl (C=O) groups is 2. The number of amides is 1. The lowest BCUT2D eigenvalue weighted by Crippen LogP contribution is -2.46. The van der Waals surface area contributed by atoms with Gasteiger partial charge in [0.05, 0.1) is 25.2 Å². The Morgan fingerprint density at radius 1 is 0.472 bits per heavy atom. The molecule has 0 aromatic rings. The van der Waals surface area contributed by atoms with E-state index in [-0.39, 0.29) is 24.9 Å². The molecule has 53 heavy (non-hydrogen) atoms. The van der Waals surface area contributed by atoms with Gasteiger partial charge in [-0.3, -0.25) is 9.59 Å². The molecular weight excluding hydrogens is 659 g/mol. The average Bonchev–Trinajstić information content (AvgIpc) is 3.15. The summed E-state index contributed by atoms with van der Waals surface area (Å²) >= 11 is 0. The van der Waals surface area contributed by atoms with Crippen molar-refractivity contribution in [1.29, 1.82) is 0 Å². The number of carbonyl (C=O) groups excluding carboxylic acids is 2. The first-order chi connectivity index (χ1) is 26.0. The van der Waals surface area contributed by atoms with Gasteiger partial charge in [-0.05, 0) is 25.7 Å². The van der Waals surface area contributed by atoms with Crippen molar-refractivity contribution < 1.29 is 24.5 Å². The highest BCUT2D eigenvalue weighted by Crippen LogP contribution is 2.18. The molecule has 0 aliphatic rings. The number of aliphatic hydroxyl groups is 2. The van der Waals surface area contributed by atoms with E-state index < -0.39 is 18.2 Å². The predicted octanol–water partition coefficient (Wildman–Crippen LogP) is 13.6. The minimum Gasteiger partial charge on any atom is -0.462 e. The molecule has 1 amide bonds. The van der Waals surface area contributed by atoms with Crippen LogP contribution in [0, 0.1) is 0 Å². The Morgan fingerprint density at radius 3 is 1.15 bits per heavy atom. The molecule has 0 spiro atoms. The fraction of sp³-hybridized carbons (Fsp3) is 0.957. The number of hydrogen-bond acceptors (Lipinski definition) is 5. The van der Waals surface area contributed by atoms with E-state index in [4.69, 9.17) is 4.74 Å². The Bertz CT molecular complexity index is 761. The van der Waals surface area contributed by atoms with Gasteiger partial charge >= 0.3 is 5.97 Å². The third-order valence-electron chi connectivity index (χ3n) is 11.2. The molecule has 0 saturated carbocycles. The summed E-state index contributed by atoms with van der Waals surface area (Å²) in [6, 6.07) is -0.690. The van der Waals surface area contributed by atoms with Crippen LogP contribution in [0.5, 0.6) is 0 Å². The van der Waals surface area contributed by atoms with Gasteiger partial charge in [0.2, 0.25) is 5.91 Å². The molecule has 0 aromatic carbocycles. The van der Waals surface area contributed by atoms with Crippen LogP contribution in [0.4, 0.5) is 0 Å². The van der Waals surface area contributed by atoms with Gasteiger partial charge in [0, 0.05) is 6.42 Å². The Balaban J connectivity index is 4.47. The van der Waals surface area contributed by atoms with Crippen LogP contribution in [0.15, 0.2) is 0 Å². The maximum Gasteiger partial charge on any atom is 0.306 e. The van der Waals surface area contributed by atoms with Crippen LogP contribution in [-0.4, -0.2) is 46.9 Å². The van der Waals surface area contributed by atoms with Crippen molar-refractivity contribution in [3.63, 3.8) is 0 Å². The highest BCUT2D eigenvalue weighted by atomic mass is 16.5. The molecule has 0 fully saturated rings. The first-order valence-corrected chi connectivity index (χ1v) is 23.8. The van der Waals surface area contributed by atoms with E-state index in [0.717, 1.165) is 44.9 Å². The van der Waals surface area contributed by atoms with Crippen LogP contribution in [0.1, 0.15) is 265 Å². The van der Waals surface area contributed by atoms with Crippen molar-refractivity contribution in [2.75, 3.05) is 6.61 Å². The van der Waals surface area contributed by atoms with Gasteiger partial charge in [0.1, 0.15) is 6.10 Å². The van der Waals surface area contributed by atoms with E-state index in [0.29, 0.717) is 19.3 Å². The molecule has 3 N–H and O–H groups in total. The highest BCUT2D eigenvalue weighted by Gasteiger charge is 2.24. The minimum absolute atomic E-state index is 0.0866. The largest absolute Gasteiger partial charge is 0.462 e. The van der Waals surface area contributed by atoms with Crippen molar-refractivity contribution >= 4 is 11.9 Å². The Kier molecular flexibility index (Phi) is 41.1. The molecule has 0 aromatic heterocycles. The summed E-state index contributed by atoms with van der Waals surface area (Å²) in [5.41, 5.74) is 0. The number of nitrogens with one attached hydrogen (secondary N) is 1. The smallest absolute Gasteiger partial charge is 0.306 e. The molecule has 0 rings (SSSR count). The molecule has 6 nitrogen and oxygen atoms in total. The van der Waals surface area contributed by atoms with Crippen molar-refractivity contribution in [2.24, 2.45) is 0 Å². The normalized spacial score (nSPS) is 13.2. The molecule has 0 bridgehead atoms. The predicted molar refractivity (Wildman–Crippen MR) is 227 cm³/mol. The molecule has 3 unspecified atom stereocenters. The first kappa shape index (κ1) is 51.9. The second-order valence-corrected chi connectivity index (χ2v) is 16.5. The van der Waals surface area contributed by atoms with E-state index >= 15 is 0 Å². The minimum atomic E-state index is -0.777. The third kappa shape index (κ3) is 37.6. The van der Waals surface area contributed by atoms with Crippen molar-refractivity contribution in [3.05, 3.63) is 0 Å².